The van der Waals surface area contributed by atoms with Crippen LogP contribution in [-0.4, -0.2) is 66.8 Å². The zero-order chi connectivity index (χ0) is 13.1. The molecule has 18 heavy (non-hydrogen) atoms. The van der Waals surface area contributed by atoms with Gasteiger partial charge in [-0.25, -0.2) is 0 Å². The fourth-order valence-corrected chi connectivity index (χ4v) is 2.51. The molecule has 0 saturated carbocycles. The Hall–Kier alpha value is -1.24. The van der Waals surface area contributed by atoms with Crippen molar-refractivity contribution in [1.29, 1.82) is 0 Å². The summed E-state index contributed by atoms with van der Waals surface area (Å²) in [6.45, 7) is 2.83. The van der Waals surface area contributed by atoms with Crippen LogP contribution in [0.1, 0.15) is 12.8 Å². The van der Waals surface area contributed by atoms with Crippen molar-refractivity contribution in [1.82, 2.24) is 15.1 Å². The summed E-state index contributed by atoms with van der Waals surface area (Å²) in [6, 6.07) is -0.690. The van der Waals surface area contributed by atoms with Crippen molar-refractivity contribution in [3.63, 3.8) is 0 Å². The molecule has 2 heterocycles. The van der Waals surface area contributed by atoms with Gasteiger partial charge in [-0.3, -0.25) is 9.59 Å². The normalized spacial score (nSPS) is 24.7. The first kappa shape index (κ1) is 13.2. The van der Waals surface area contributed by atoms with Crippen LogP contribution in [-0.2, 0) is 9.59 Å². The van der Waals surface area contributed by atoms with Crippen molar-refractivity contribution >= 4 is 11.8 Å². The number of hydrogen-bond donors (Lipinski definition) is 1. The fourth-order valence-electron chi connectivity index (χ4n) is 2.51. The maximum atomic E-state index is 12.4. The smallest absolute Gasteiger partial charge is 0.315 e. The van der Waals surface area contributed by atoms with Gasteiger partial charge in [-0.1, -0.05) is 0 Å². The standard InChI is InChI=1S/C11H17F2N3O2/c12-9(13)11(18)16-5-1-2-8(16)10(17)15-6-3-14-4-7-15/h8-9,14H,1-7H2. The van der Waals surface area contributed by atoms with E-state index in [9.17, 15) is 18.4 Å². The van der Waals surface area contributed by atoms with E-state index in [4.69, 9.17) is 0 Å². The van der Waals surface area contributed by atoms with Crippen LogP contribution in [0.2, 0.25) is 0 Å². The second-order valence-corrected chi connectivity index (χ2v) is 4.57. The second-order valence-electron chi connectivity index (χ2n) is 4.57. The number of nitrogens with zero attached hydrogens (tertiary/aromatic N) is 2. The summed E-state index contributed by atoms with van der Waals surface area (Å²) in [5.41, 5.74) is 0. The van der Waals surface area contributed by atoms with Crippen LogP contribution in [0.3, 0.4) is 0 Å². The van der Waals surface area contributed by atoms with Gasteiger partial charge < -0.3 is 15.1 Å². The SMILES string of the molecule is O=C(C1CCCN1C(=O)C(F)F)N1CCNCC1. The number of alkyl halides is 2. The highest BCUT2D eigenvalue weighted by molar-refractivity contribution is 5.89. The molecule has 0 radical (unpaired) electrons. The van der Waals surface area contributed by atoms with E-state index in [2.05, 4.69) is 5.32 Å². The molecule has 5 nitrogen and oxygen atoms in total. The first-order valence-corrected chi connectivity index (χ1v) is 6.19. The molecule has 0 aromatic rings. The highest BCUT2D eigenvalue weighted by atomic mass is 19.3. The topological polar surface area (TPSA) is 52.7 Å². The molecule has 2 rings (SSSR count). The van der Waals surface area contributed by atoms with Crippen LogP contribution in [0.15, 0.2) is 0 Å². The Bertz CT molecular complexity index is 332. The first-order valence-electron chi connectivity index (χ1n) is 6.19. The van der Waals surface area contributed by atoms with E-state index < -0.39 is 18.4 Å². The number of carbonyl (C=O) groups is 2. The Morgan fingerprint density at radius 1 is 1.17 bits per heavy atom. The van der Waals surface area contributed by atoms with E-state index in [0.717, 1.165) is 4.90 Å². The first-order chi connectivity index (χ1) is 8.61. The lowest BCUT2D eigenvalue weighted by Crippen LogP contribution is -2.54. The van der Waals surface area contributed by atoms with Crippen molar-refractivity contribution in [2.75, 3.05) is 32.7 Å². The van der Waals surface area contributed by atoms with E-state index in [-0.39, 0.29) is 12.5 Å². The second kappa shape index (κ2) is 5.60. The van der Waals surface area contributed by atoms with Gasteiger partial charge in [0.1, 0.15) is 6.04 Å². The molecule has 2 aliphatic heterocycles. The highest BCUT2D eigenvalue weighted by Crippen LogP contribution is 2.21. The number of amides is 2. The van der Waals surface area contributed by atoms with Gasteiger partial charge in [0.2, 0.25) is 5.91 Å². The number of nitrogens with one attached hydrogen (secondary N) is 1. The van der Waals surface area contributed by atoms with Gasteiger partial charge in [-0.15, -0.1) is 0 Å². The molecule has 1 N–H and O–H groups in total. The van der Waals surface area contributed by atoms with E-state index in [1.807, 2.05) is 0 Å². The summed E-state index contributed by atoms with van der Waals surface area (Å²) >= 11 is 0. The minimum absolute atomic E-state index is 0.192. The zero-order valence-electron chi connectivity index (χ0n) is 10.1. The fraction of sp³-hybridized carbons (Fsp3) is 0.818. The van der Waals surface area contributed by atoms with Gasteiger partial charge in [0.05, 0.1) is 0 Å². The van der Waals surface area contributed by atoms with Gasteiger partial charge in [0, 0.05) is 32.7 Å². The summed E-state index contributed by atoms with van der Waals surface area (Å²) in [5, 5.41) is 3.12. The molecular formula is C11H17F2N3O2. The molecule has 7 heteroatoms. The number of piperazine rings is 1. The van der Waals surface area contributed by atoms with Crippen molar-refractivity contribution in [2.45, 2.75) is 25.3 Å². The van der Waals surface area contributed by atoms with Crippen molar-refractivity contribution in [2.24, 2.45) is 0 Å². The molecule has 2 aliphatic rings. The largest absolute Gasteiger partial charge is 0.338 e. The van der Waals surface area contributed by atoms with Crippen LogP contribution >= 0.6 is 0 Å². The molecule has 1 unspecified atom stereocenters. The lowest BCUT2D eigenvalue weighted by atomic mass is 10.1. The molecule has 102 valence electrons. The van der Waals surface area contributed by atoms with Gasteiger partial charge in [0.15, 0.2) is 0 Å². The third-order valence-electron chi connectivity index (χ3n) is 3.44. The molecule has 1 atom stereocenters. The summed E-state index contributed by atoms with van der Waals surface area (Å²) in [6.07, 6.45) is -1.93. The molecule has 0 aliphatic carbocycles. The van der Waals surface area contributed by atoms with Gasteiger partial charge >= 0.3 is 6.43 Å². The maximum absolute atomic E-state index is 12.4. The minimum Gasteiger partial charge on any atom is -0.338 e. The van der Waals surface area contributed by atoms with Crippen LogP contribution < -0.4 is 5.32 Å². The molecule has 0 aromatic heterocycles. The van der Waals surface area contributed by atoms with Gasteiger partial charge in [-0.05, 0) is 12.8 Å². The Morgan fingerprint density at radius 2 is 1.83 bits per heavy atom. The predicted molar refractivity (Wildman–Crippen MR) is 60.2 cm³/mol. The van der Waals surface area contributed by atoms with Gasteiger partial charge in [-0.2, -0.15) is 8.78 Å². The van der Waals surface area contributed by atoms with E-state index in [0.29, 0.717) is 39.0 Å². The summed E-state index contributed by atoms with van der Waals surface area (Å²) in [4.78, 5) is 26.2. The Morgan fingerprint density at radius 3 is 2.44 bits per heavy atom. The molecule has 0 spiro atoms. The molecule has 2 fully saturated rings. The van der Waals surface area contributed by atoms with Crippen LogP contribution in [0, 0.1) is 0 Å². The monoisotopic (exact) mass is 261 g/mol. The predicted octanol–water partition coefficient (Wildman–Crippen LogP) is -0.326. The highest BCUT2D eigenvalue weighted by Gasteiger charge is 2.39. The summed E-state index contributed by atoms with van der Waals surface area (Å²) < 4.78 is 24.9. The van der Waals surface area contributed by atoms with E-state index in [1.165, 1.54) is 0 Å². The lowest BCUT2D eigenvalue weighted by molar-refractivity contribution is -0.150. The maximum Gasteiger partial charge on any atom is 0.315 e. The Kier molecular flexibility index (Phi) is 4.11. The quantitative estimate of drug-likeness (QED) is 0.741. The Labute approximate surface area is 104 Å². The molecular weight excluding hydrogens is 244 g/mol. The third-order valence-corrected chi connectivity index (χ3v) is 3.44. The van der Waals surface area contributed by atoms with Crippen molar-refractivity contribution in [3.05, 3.63) is 0 Å². The zero-order valence-corrected chi connectivity index (χ0v) is 10.1. The number of likely N-dealkylation sites (tertiary alicyclic amines) is 1. The third kappa shape index (κ3) is 2.60. The molecule has 2 amide bonds. The summed E-state index contributed by atoms with van der Waals surface area (Å²) in [5.74, 6) is -1.41. The van der Waals surface area contributed by atoms with Gasteiger partial charge in [0.25, 0.3) is 5.91 Å². The lowest BCUT2D eigenvalue weighted by Gasteiger charge is -2.32. The summed E-state index contributed by atoms with van der Waals surface area (Å²) in [7, 11) is 0. The van der Waals surface area contributed by atoms with E-state index in [1.54, 1.807) is 4.90 Å². The average molecular weight is 261 g/mol. The van der Waals surface area contributed by atoms with Crippen molar-refractivity contribution in [3.8, 4) is 0 Å². The van der Waals surface area contributed by atoms with Crippen LogP contribution in [0.5, 0.6) is 0 Å². The Balaban J connectivity index is 2.01. The average Bonchev–Trinajstić information content (AvgIpc) is 2.87. The number of halogens is 2. The molecule has 2 saturated heterocycles. The minimum atomic E-state index is -3.03. The van der Waals surface area contributed by atoms with Crippen molar-refractivity contribution < 1.29 is 18.4 Å². The van der Waals surface area contributed by atoms with E-state index >= 15 is 0 Å². The molecule has 0 bridgehead atoms. The number of hydrogen-bond acceptors (Lipinski definition) is 3. The number of rotatable bonds is 2. The van der Waals surface area contributed by atoms with Crippen LogP contribution in [0.25, 0.3) is 0 Å². The molecule has 0 aromatic carbocycles. The number of carbonyl (C=O) groups excluding carboxylic acids is 2. The van der Waals surface area contributed by atoms with Crippen LogP contribution in [0.4, 0.5) is 8.78 Å².